The topological polar surface area (TPSA) is 165 Å². The number of nitrogens with one attached hydrogen (secondary N) is 1. The van der Waals surface area contributed by atoms with Gasteiger partial charge >= 0.3 is 0 Å². The molecular formula is C46H62N2O13S. The van der Waals surface area contributed by atoms with E-state index in [1.165, 1.54) is 43.5 Å². The molecule has 3 aliphatic rings. The average Bonchev–Trinajstić information content (AvgIpc) is 4.05. The molecule has 0 aromatic heterocycles. The molecule has 0 amide bonds. The first-order valence-corrected chi connectivity index (χ1v) is 22.3. The first-order chi connectivity index (χ1) is 30.5. The van der Waals surface area contributed by atoms with E-state index >= 15 is 0 Å². The molecule has 340 valence electrons. The summed E-state index contributed by atoms with van der Waals surface area (Å²) in [5, 5.41) is 20.4. The van der Waals surface area contributed by atoms with Crippen molar-refractivity contribution in [1.29, 1.82) is 0 Å². The van der Waals surface area contributed by atoms with E-state index in [0.717, 1.165) is 31.4 Å². The number of hydrogen-bond donors (Lipinski definition) is 3. The second-order valence-electron chi connectivity index (χ2n) is 14.8. The lowest BCUT2D eigenvalue weighted by molar-refractivity contribution is -0.0228. The third kappa shape index (κ3) is 14.2. The van der Waals surface area contributed by atoms with Gasteiger partial charge in [0.05, 0.1) is 112 Å². The zero-order valence-corrected chi connectivity index (χ0v) is 36.5. The van der Waals surface area contributed by atoms with Gasteiger partial charge < -0.3 is 57.6 Å². The van der Waals surface area contributed by atoms with Crippen LogP contribution in [0.4, 0.5) is 0 Å². The molecule has 15 nitrogen and oxygen atoms in total. The summed E-state index contributed by atoms with van der Waals surface area (Å²) >= 11 is 1.52. The minimum atomic E-state index is -1.22. The van der Waals surface area contributed by atoms with E-state index in [9.17, 15) is 15.0 Å². The van der Waals surface area contributed by atoms with Crippen molar-refractivity contribution in [1.82, 2.24) is 9.03 Å². The van der Waals surface area contributed by atoms with Crippen LogP contribution < -0.4 is 9.46 Å². The van der Waals surface area contributed by atoms with E-state index in [4.69, 9.17) is 47.4 Å². The maximum atomic E-state index is 12.6. The Hall–Kier alpha value is -3.62. The molecular weight excluding hydrogens is 821 g/mol. The van der Waals surface area contributed by atoms with Crippen LogP contribution >= 0.6 is 12.1 Å². The zero-order chi connectivity index (χ0) is 43.2. The van der Waals surface area contributed by atoms with E-state index in [1.54, 1.807) is 36.9 Å². The van der Waals surface area contributed by atoms with Crippen LogP contribution in [-0.2, 0) is 48.2 Å². The monoisotopic (exact) mass is 882 g/mol. The molecule has 0 bridgehead atoms. The van der Waals surface area contributed by atoms with Crippen LogP contribution in [0.3, 0.4) is 0 Å². The third-order valence-corrected chi connectivity index (χ3v) is 11.5. The number of rotatable bonds is 33. The smallest absolute Gasteiger partial charge is 0.151 e. The molecule has 1 saturated carbocycles. The summed E-state index contributed by atoms with van der Waals surface area (Å²) in [6.45, 7) is 10.0. The minimum Gasteiger partial charge on any atom is -0.508 e. The van der Waals surface area contributed by atoms with Gasteiger partial charge in [-0.25, -0.2) is 9.03 Å². The second-order valence-corrected chi connectivity index (χ2v) is 15.8. The number of benzene rings is 3. The van der Waals surface area contributed by atoms with Gasteiger partial charge in [-0.1, -0.05) is 23.8 Å². The molecule has 2 heterocycles. The predicted molar refractivity (Wildman–Crippen MR) is 233 cm³/mol. The van der Waals surface area contributed by atoms with Crippen molar-refractivity contribution >= 4 is 18.4 Å². The van der Waals surface area contributed by atoms with Crippen LogP contribution in [0.1, 0.15) is 64.3 Å². The molecule has 0 spiro atoms. The molecule has 6 rings (SSSR count). The molecule has 2 fully saturated rings. The fourth-order valence-corrected chi connectivity index (χ4v) is 7.98. The van der Waals surface area contributed by atoms with Gasteiger partial charge in [0.15, 0.2) is 5.60 Å². The van der Waals surface area contributed by atoms with Crippen LogP contribution in [0, 0.1) is 0 Å². The Kier molecular flexibility index (Phi) is 20.2. The summed E-state index contributed by atoms with van der Waals surface area (Å²) in [6.07, 6.45) is 8.01. The Bertz CT molecular complexity index is 1790. The summed E-state index contributed by atoms with van der Waals surface area (Å²) < 4.78 is 62.4. The molecule has 2 aliphatic heterocycles. The maximum absolute atomic E-state index is 12.6. The van der Waals surface area contributed by atoms with Gasteiger partial charge in [0.1, 0.15) is 29.3 Å². The van der Waals surface area contributed by atoms with E-state index in [2.05, 4.69) is 15.1 Å². The van der Waals surface area contributed by atoms with E-state index in [1.807, 2.05) is 18.2 Å². The molecule has 1 saturated heterocycles. The SMILES string of the molecule is COC1(c2ccc(C3CN3SNCCOCCOCCOCCOCCOCCOCCOCCOCCC=C3CCC3)cc2C=O)c2ccc(O)cc2Oc2cc(O)ccc21. The van der Waals surface area contributed by atoms with Gasteiger partial charge in [-0.3, -0.25) is 4.79 Å². The average molecular weight is 883 g/mol. The Morgan fingerprint density at radius 2 is 1.16 bits per heavy atom. The second kappa shape index (κ2) is 26.2. The quantitative estimate of drug-likeness (QED) is 0.0211. The first-order valence-electron chi connectivity index (χ1n) is 21.5. The Morgan fingerprint density at radius 1 is 0.677 bits per heavy atom. The first kappa shape index (κ1) is 47.8. The predicted octanol–water partition coefficient (Wildman–Crippen LogP) is 6.10. The largest absolute Gasteiger partial charge is 0.508 e. The third-order valence-electron chi connectivity index (χ3n) is 10.6. The van der Waals surface area contributed by atoms with Gasteiger partial charge in [-0.05, 0) is 61.6 Å². The number of phenolic OH excluding ortho intramolecular Hbond substituents is 2. The number of hydrogen-bond acceptors (Lipinski definition) is 16. The van der Waals surface area contributed by atoms with Gasteiger partial charge in [-0.2, -0.15) is 0 Å². The van der Waals surface area contributed by atoms with Crippen LogP contribution in [0.25, 0.3) is 0 Å². The maximum Gasteiger partial charge on any atom is 0.151 e. The van der Waals surface area contributed by atoms with Crippen molar-refractivity contribution in [2.45, 2.75) is 37.3 Å². The molecule has 16 heteroatoms. The molecule has 1 aliphatic carbocycles. The highest BCUT2D eigenvalue weighted by Gasteiger charge is 2.46. The summed E-state index contributed by atoms with van der Waals surface area (Å²) in [5.41, 5.74) is 3.73. The lowest BCUT2D eigenvalue weighted by Gasteiger charge is -2.40. The molecule has 0 radical (unpaired) electrons. The zero-order valence-electron chi connectivity index (χ0n) is 35.7. The molecule has 2 atom stereocenters. The number of carbonyl (C=O) groups excluding carboxylic acids is 1. The number of carbonyl (C=O) groups is 1. The molecule has 3 aromatic carbocycles. The number of aldehydes is 1. The Labute approximate surface area is 369 Å². The number of nitrogens with zero attached hydrogens (tertiary/aromatic N) is 1. The number of ether oxygens (including phenoxy) is 10. The van der Waals surface area contributed by atoms with Crippen molar-refractivity contribution in [3.05, 3.63) is 94.1 Å². The van der Waals surface area contributed by atoms with Gasteiger partial charge in [0.25, 0.3) is 0 Å². The van der Waals surface area contributed by atoms with Crippen molar-refractivity contribution in [2.24, 2.45) is 0 Å². The standard InChI is InChI=1S/C46H62N2O13S/c1-52-46(41-11-8-38(50)31-44(41)61-45-32-39(51)9-12-42(45)46)40-10-7-36(30-37(40)34-49)43-33-48(43)62-47-13-15-54-17-19-56-21-23-58-25-27-60-29-28-59-26-24-57-22-20-55-18-16-53-14-3-6-35-4-2-5-35/h6-12,30-32,34,43,47,50-51H,2-5,13-29,33H2,1H3. The lowest BCUT2D eigenvalue weighted by atomic mass is 9.75. The molecule has 3 N–H and O–H groups in total. The highest BCUT2D eigenvalue weighted by atomic mass is 32.2. The number of allylic oxidation sites excluding steroid dienone is 1. The van der Waals surface area contributed by atoms with Crippen molar-refractivity contribution < 1.29 is 62.4 Å². The summed E-state index contributed by atoms with van der Waals surface area (Å²) in [7, 11) is 1.57. The summed E-state index contributed by atoms with van der Waals surface area (Å²) in [6, 6.07) is 15.5. The van der Waals surface area contributed by atoms with Crippen LogP contribution in [0.15, 0.2) is 66.2 Å². The molecule has 3 aromatic rings. The fraction of sp³-hybridized carbons (Fsp3) is 0.543. The van der Waals surface area contributed by atoms with Crippen LogP contribution in [-0.4, -0.2) is 147 Å². The van der Waals surface area contributed by atoms with E-state index in [-0.39, 0.29) is 17.5 Å². The van der Waals surface area contributed by atoms with Crippen molar-refractivity contribution in [2.75, 3.05) is 126 Å². The van der Waals surface area contributed by atoms with Crippen LogP contribution in [0.5, 0.6) is 23.0 Å². The molecule has 62 heavy (non-hydrogen) atoms. The summed E-state index contributed by atoms with van der Waals surface area (Å²) in [5.74, 6) is 0.786. The minimum absolute atomic E-state index is 0.0223. The Balaban J connectivity index is 0.730. The highest BCUT2D eigenvalue weighted by molar-refractivity contribution is 7.95. The van der Waals surface area contributed by atoms with Crippen LogP contribution in [0.2, 0.25) is 0 Å². The fourth-order valence-electron chi connectivity index (χ4n) is 7.17. The van der Waals surface area contributed by atoms with Gasteiger partial charge in [0, 0.05) is 66.7 Å². The molecule has 2 unspecified atom stereocenters. The Morgan fingerprint density at radius 3 is 1.63 bits per heavy atom. The number of fused-ring (bicyclic) bond motifs is 2. The van der Waals surface area contributed by atoms with Gasteiger partial charge in [0.2, 0.25) is 0 Å². The number of phenols is 2. The van der Waals surface area contributed by atoms with E-state index in [0.29, 0.717) is 139 Å². The number of methoxy groups -OCH3 is 1. The van der Waals surface area contributed by atoms with E-state index < -0.39 is 5.60 Å². The summed E-state index contributed by atoms with van der Waals surface area (Å²) in [4.78, 5) is 12.6. The lowest BCUT2D eigenvalue weighted by Crippen LogP contribution is -2.35. The normalized spacial score (nSPS) is 17.2. The number of aromatic hydroxyl groups is 2. The highest BCUT2D eigenvalue weighted by Crippen LogP contribution is 2.54. The van der Waals surface area contributed by atoms with Gasteiger partial charge in [-0.15, -0.1) is 0 Å². The van der Waals surface area contributed by atoms with Crippen molar-refractivity contribution in [3.8, 4) is 23.0 Å². The van der Waals surface area contributed by atoms with Crippen molar-refractivity contribution in [3.63, 3.8) is 0 Å².